The van der Waals surface area contributed by atoms with Crippen molar-refractivity contribution in [3.63, 3.8) is 0 Å². The highest BCUT2D eigenvalue weighted by atomic mass is 79.9. The summed E-state index contributed by atoms with van der Waals surface area (Å²) in [7, 11) is 0. The standard InChI is InChI=1S/C16H27Br/c17-16-11-14-6-5-12-1-3-13(4-2-12)7-9-15(16)10-8-14/h12-16H,1-11H2/t12?,13?,14?,15-,16+/m1/s1. The van der Waals surface area contributed by atoms with Crippen molar-refractivity contribution in [3.05, 3.63) is 0 Å². The van der Waals surface area contributed by atoms with E-state index < -0.39 is 0 Å². The lowest BCUT2D eigenvalue weighted by atomic mass is 9.71. The molecule has 0 aromatic carbocycles. The first-order valence-electron chi connectivity index (χ1n) is 7.95. The molecule has 0 spiro atoms. The van der Waals surface area contributed by atoms with Crippen molar-refractivity contribution >= 4 is 15.9 Å². The van der Waals surface area contributed by atoms with Crippen LogP contribution in [0.4, 0.5) is 0 Å². The second-order valence-corrected chi connectivity index (χ2v) is 8.17. The van der Waals surface area contributed by atoms with Gasteiger partial charge in [0.1, 0.15) is 0 Å². The van der Waals surface area contributed by atoms with Gasteiger partial charge in [-0.3, -0.25) is 0 Å². The predicted octanol–water partition coefficient (Wildman–Crippen LogP) is 5.55. The van der Waals surface area contributed by atoms with Gasteiger partial charge in [-0.25, -0.2) is 0 Å². The fraction of sp³-hybridized carbons (Fsp3) is 1.00. The summed E-state index contributed by atoms with van der Waals surface area (Å²) in [5.41, 5.74) is 0. The molecule has 0 nitrogen and oxygen atoms in total. The Bertz CT molecular complexity index is 242. The molecule has 6 fully saturated rings. The van der Waals surface area contributed by atoms with Crippen LogP contribution in [0.5, 0.6) is 0 Å². The minimum absolute atomic E-state index is 0.846. The molecule has 4 bridgehead atoms. The van der Waals surface area contributed by atoms with Crippen LogP contribution in [0.3, 0.4) is 0 Å². The SMILES string of the molecule is Br[C@H]1CC2CCC3CCC(CC3)CC[C@@H]1CC2. The zero-order valence-corrected chi connectivity index (χ0v) is 12.6. The molecule has 0 N–H and O–H groups in total. The smallest absolute Gasteiger partial charge is 0.0176 e. The van der Waals surface area contributed by atoms with E-state index in [-0.39, 0.29) is 0 Å². The van der Waals surface area contributed by atoms with E-state index in [4.69, 9.17) is 0 Å². The lowest BCUT2D eigenvalue weighted by Gasteiger charge is -2.37. The molecule has 6 saturated carbocycles. The summed E-state index contributed by atoms with van der Waals surface area (Å²) in [6, 6.07) is 0. The summed E-state index contributed by atoms with van der Waals surface area (Å²) >= 11 is 3.99. The summed E-state index contributed by atoms with van der Waals surface area (Å²) in [6.45, 7) is 0. The molecule has 6 rings (SSSR count). The summed E-state index contributed by atoms with van der Waals surface area (Å²) < 4.78 is 0. The maximum absolute atomic E-state index is 3.99. The van der Waals surface area contributed by atoms with E-state index in [9.17, 15) is 0 Å². The van der Waals surface area contributed by atoms with Crippen molar-refractivity contribution in [1.29, 1.82) is 0 Å². The van der Waals surface area contributed by atoms with Crippen LogP contribution in [0, 0.1) is 23.7 Å². The minimum atomic E-state index is 0.846. The fourth-order valence-electron chi connectivity index (χ4n) is 4.58. The van der Waals surface area contributed by atoms with Gasteiger partial charge in [0.05, 0.1) is 0 Å². The monoisotopic (exact) mass is 298 g/mol. The van der Waals surface area contributed by atoms with Crippen LogP contribution in [-0.4, -0.2) is 4.83 Å². The van der Waals surface area contributed by atoms with Crippen LogP contribution in [0.1, 0.15) is 70.6 Å². The molecular formula is C16H27Br. The third-order valence-electron chi connectivity index (χ3n) is 5.91. The zero-order chi connectivity index (χ0) is 11.7. The maximum Gasteiger partial charge on any atom is 0.0176 e. The van der Waals surface area contributed by atoms with Crippen molar-refractivity contribution in [3.8, 4) is 0 Å². The Morgan fingerprint density at radius 3 is 1.47 bits per heavy atom. The predicted molar refractivity (Wildman–Crippen MR) is 77.5 cm³/mol. The minimum Gasteiger partial charge on any atom is -0.0888 e. The molecule has 1 heteroatoms. The van der Waals surface area contributed by atoms with Gasteiger partial charge in [-0.15, -0.1) is 0 Å². The van der Waals surface area contributed by atoms with Crippen LogP contribution in [-0.2, 0) is 0 Å². The Hall–Kier alpha value is 0.480. The van der Waals surface area contributed by atoms with Crippen LogP contribution in [0.25, 0.3) is 0 Å². The lowest BCUT2D eigenvalue weighted by Crippen LogP contribution is -2.28. The Kier molecular flexibility index (Phi) is 4.14. The summed E-state index contributed by atoms with van der Waals surface area (Å²) in [5, 5.41) is 0. The van der Waals surface area contributed by atoms with Crippen molar-refractivity contribution in [1.82, 2.24) is 0 Å². The zero-order valence-electron chi connectivity index (χ0n) is 11.0. The van der Waals surface area contributed by atoms with E-state index in [1.165, 1.54) is 38.5 Å². The van der Waals surface area contributed by atoms with Crippen molar-refractivity contribution in [2.24, 2.45) is 23.7 Å². The third-order valence-corrected chi connectivity index (χ3v) is 7.03. The van der Waals surface area contributed by atoms with Gasteiger partial charge in [0, 0.05) is 4.83 Å². The molecule has 17 heavy (non-hydrogen) atoms. The average Bonchev–Trinajstić information content (AvgIpc) is 2.34. The van der Waals surface area contributed by atoms with E-state index in [1.807, 2.05) is 0 Å². The highest BCUT2D eigenvalue weighted by Crippen LogP contribution is 2.43. The molecule has 0 heterocycles. The van der Waals surface area contributed by atoms with Gasteiger partial charge in [-0.2, -0.15) is 0 Å². The van der Waals surface area contributed by atoms with E-state index in [2.05, 4.69) is 15.9 Å². The quantitative estimate of drug-likeness (QED) is 0.515. The maximum atomic E-state index is 3.99. The van der Waals surface area contributed by atoms with Gasteiger partial charge in [-0.05, 0) is 42.9 Å². The van der Waals surface area contributed by atoms with Gasteiger partial charge in [-0.1, -0.05) is 67.3 Å². The second kappa shape index (κ2) is 5.63. The van der Waals surface area contributed by atoms with Crippen molar-refractivity contribution < 1.29 is 0 Å². The number of alkyl halides is 1. The average molecular weight is 299 g/mol. The lowest BCUT2D eigenvalue weighted by molar-refractivity contribution is 0.181. The first-order chi connectivity index (χ1) is 8.31. The Balaban J connectivity index is 1.67. The topological polar surface area (TPSA) is 0 Å². The first-order valence-corrected chi connectivity index (χ1v) is 8.87. The molecule has 98 valence electrons. The summed E-state index contributed by atoms with van der Waals surface area (Å²) in [4.78, 5) is 0.846. The molecule has 0 aliphatic heterocycles. The van der Waals surface area contributed by atoms with Gasteiger partial charge in [0.25, 0.3) is 0 Å². The molecule has 3 atom stereocenters. The van der Waals surface area contributed by atoms with Crippen molar-refractivity contribution in [2.75, 3.05) is 0 Å². The van der Waals surface area contributed by atoms with E-state index >= 15 is 0 Å². The molecule has 0 saturated heterocycles. The first kappa shape index (κ1) is 12.5. The van der Waals surface area contributed by atoms with E-state index in [0.717, 1.165) is 28.5 Å². The van der Waals surface area contributed by atoms with Crippen LogP contribution < -0.4 is 0 Å². The highest BCUT2D eigenvalue weighted by molar-refractivity contribution is 9.09. The van der Waals surface area contributed by atoms with E-state index in [1.54, 1.807) is 32.1 Å². The summed E-state index contributed by atoms with van der Waals surface area (Å²) in [6.07, 6.45) is 16.8. The van der Waals surface area contributed by atoms with Crippen LogP contribution in [0.15, 0.2) is 0 Å². The highest BCUT2D eigenvalue weighted by Gasteiger charge is 2.31. The number of hydrogen-bond acceptors (Lipinski definition) is 0. The van der Waals surface area contributed by atoms with E-state index in [0.29, 0.717) is 0 Å². The Morgan fingerprint density at radius 2 is 0.941 bits per heavy atom. The Labute approximate surface area is 115 Å². The molecule has 0 amide bonds. The molecule has 0 radical (unpaired) electrons. The van der Waals surface area contributed by atoms with Crippen LogP contribution in [0.2, 0.25) is 0 Å². The largest absolute Gasteiger partial charge is 0.0888 e. The molecular weight excluding hydrogens is 272 g/mol. The molecule has 0 aromatic rings. The van der Waals surface area contributed by atoms with Crippen LogP contribution >= 0.6 is 15.9 Å². The number of halogens is 1. The van der Waals surface area contributed by atoms with Gasteiger partial charge in [0.15, 0.2) is 0 Å². The molecule has 0 aromatic heterocycles. The number of hydrogen-bond donors (Lipinski definition) is 0. The van der Waals surface area contributed by atoms with Crippen molar-refractivity contribution in [2.45, 2.75) is 75.5 Å². The van der Waals surface area contributed by atoms with Gasteiger partial charge < -0.3 is 0 Å². The fourth-order valence-corrected chi connectivity index (χ4v) is 5.63. The molecule has 6 aliphatic rings. The second-order valence-electron chi connectivity index (χ2n) is 7.00. The number of rotatable bonds is 0. The Morgan fingerprint density at radius 1 is 0.529 bits per heavy atom. The summed E-state index contributed by atoms with van der Waals surface area (Å²) in [5.74, 6) is 4.23. The molecule has 1 unspecified atom stereocenters. The third kappa shape index (κ3) is 3.08. The van der Waals surface area contributed by atoms with Gasteiger partial charge >= 0.3 is 0 Å². The van der Waals surface area contributed by atoms with Gasteiger partial charge in [0.2, 0.25) is 0 Å². The normalized spacial score (nSPS) is 47.5. The molecule has 6 aliphatic carbocycles.